The summed E-state index contributed by atoms with van der Waals surface area (Å²) >= 11 is -0.331. The molecule has 0 bridgehead atoms. The van der Waals surface area contributed by atoms with Gasteiger partial charge in [0.25, 0.3) is 0 Å². The van der Waals surface area contributed by atoms with Crippen molar-refractivity contribution >= 4 is 23.9 Å². The van der Waals surface area contributed by atoms with Gasteiger partial charge in [-0.05, 0) is 30.0 Å². The van der Waals surface area contributed by atoms with Crippen LogP contribution in [0.2, 0.25) is 0 Å². The summed E-state index contributed by atoms with van der Waals surface area (Å²) in [4.78, 5) is 20.0. The Morgan fingerprint density at radius 2 is 1.75 bits per heavy atom. The second kappa shape index (κ2) is 8.31. The molecule has 0 aromatic heterocycles. The number of hydrogen-bond acceptors (Lipinski definition) is 5. The molecule has 9 heteroatoms. The Morgan fingerprint density at radius 3 is 2.10 bits per heavy atom. The van der Waals surface area contributed by atoms with E-state index in [1.165, 1.54) is 32.4 Å². The number of alkyl halides is 3. The first kappa shape index (κ1) is 18.1. The van der Waals surface area contributed by atoms with Gasteiger partial charge in [0, 0.05) is 4.90 Å². The molecular formula is C11H11F3O5S. The van der Waals surface area contributed by atoms with Crippen molar-refractivity contribution in [3.63, 3.8) is 0 Å². The lowest BCUT2D eigenvalue weighted by atomic mass is 10.2. The van der Waals surface area contributed by atoms with E-state index in [2.05, 4.69) is 9.47 Å². The van der Waals surface area contributed by atoms with Crippen LogP contribution in [0.1, 0.15) is 10.4 Å². The van der Waals surface area contributed by atoms with Crippen LogP contribution in [0.5, 0.6) is 0 Å². The second-order valence-corrected chi connectivity index (χ2v) is 4.18. The molecule has 20 heavy (non-hydrogen) atoms. The lowest BCUT2D eigenvalue weighted by molar-refractivity contribution is -0.0328. The molecule has 0 amide bonds. The summed E-state index contributed by atoms with van der Waals surface area (Å²) in [6.45, 7) is 0. The van der Waals surface area contributed by atoms with E-state index in [1.54, 1.807) is 0 Å². The topological polar surface area (TPSA) is 72.8 Å². The Labute approximate surface area is 116 Å². The number of methoxy groups -OCH3 is 2. The summed E-state index contributed by atoms with van der Waals surface area (Å²) in [6, 6.07) is 4.71. The number of carboxylic acids is 1. The molecule has 0 fully saturated rings. The maximum Gasteiger partial charge on any atom is 0.507 e. The van der Waals surface area contributed by atoms with E-state index in [-0.39, 0.29) is 22.2 Å². The summed E-state index contributed by atoms with van der Waals surface area (Å²) in [5.41, 5.74) is -4.55. The van der Waals surface area contributed by atoms with E-state index in [4.69, 9.17) is 5.11 Å². The molecular weight excluding hydrogens is 301 g/mol. The fourth-order valence-corrected chi connectivity index (χ4v) is 1.51. The molecule has 1 rings (SSSR count). The smallest absolute Gasteiger partial charge is 0.478 e. The third kappa shape index (κ3) is 8.25. The molecule has 0 aliphatic heterocycles. The Balaban J connectivity index is 0.000000511. The van der Waals surface area contributed by atoms with Crippen molar-refractivity contribution in [1.82, 2.24) is 0 Å². The van der Waals surface area contributed by atoms with E-state index in [0.717, 1.165) is 6.07 Å². The number of thioether (sulfide) groups is 1. The predicted octanol–water partition coefficient (Wildman–Crippen LogP) is 3.40. The summed E-state index contributed by atoms with van der Waals surface area (Å²) in [6.07, 6.45) is -0.657. The summed E-state index contributed by atoms with van der Waals surface area (Å²) in [5.74, 6) is -1.24. The van der Waals surface area contributed by atoms with E-state index < -0.39 is 17.6 Å². The zero-order valence-electron chi connectivity index (χ0n) is 10.4. The van der Waals surface area contributed by atoms with E-state index in [9.17, 15) is 22.8 Å². The monoisotopic (exact) mass is 312 g/mol. The molecule has 0 aliphatic rings. The molecule has 1 N–H and O–H groups in total. The van der Waals surface area contributed by atoms with Gasteiger partial charge in [-0.25, -0.2) is 9.59 Å². The molecule has 0 unspecified atom stereocenters. The molecule has 1 aromatic carbocycles. The van der Waals surface area contributed by atoms with Crippen molar-refractivity contribution in [3.8, 4) is 0 Å². The van der Waals surface area contributed by atoms with Crippen LogP contribution in [-0.4, -0.2) is 37.0 Å². The largest absolute Gasteiger partial charge is 0.507 e. The summed E-state index contributed by atoms with van der Waals surface area (Å²) in [7, 11) is 2.51. The molecule has 0 atom stereocenters. The molecule has 0 spiro atoms. The van der Waals surface area contributed by atoms with Gasteiger partial charge in [0.15, 0.2) is 0 Å². The van der Waals surface area contributed by atoms with Crippen molar-refractivity contribution < 1.29 is 37.3 Å². The quantitative estimate of drug-likeness (QED) is 0.666. The van der Waals surface area contributed by atoms with Gasteiger partial charge in [-0.1, -0.05) is 6.07 Å². The first-order valence-electron chi connectivity index (χ1n) is 4.90. The fourth-order valence-electron chi connectivity index (χ4n) is 0.910. The molecule has 0 saturated heterocycles. The fraction of sp³-hybridized carbons (Fsp3) is 0.273. The van der Waals surface area contributed by atoms with E-state index >= 15 is 0 Å². The highest BCUT2D eigenvalue weighted by atomic mass is 32.2. The van der Waals surface area contributed by atoms with Crippen LogP contribution in [0.25, 0.3) is 0 Å². The van der Waals surface area contributed by atoms with Crippen molar-refractivity contribution in [2.75, 3.05) is 14.2 Å². The van der Waals surface area contributed by atoms with Crippen LogP contribution in [-0.2, 0) is 9.47 Å². The SMILES string of the molecule is COC(=O)OC.O=C(O)c1cccc(SC(F)(F)F)c1. The maximum atomic E-state index is 11.9. The maximum absolute atomic E-state index is 11.9. The summed E-state index contributed by atoms with van der Waals surface area (Å²) < 4.78 is 43.7. The minimum atomic E-state index is -4.39. The standard InChI is InChI=1S/C8H5F3O2S.C3H6O3/c9-8(10,11)14-6-3-1-2-5(4-6)7(12)13;1-5-3(4)6-2/h1-4H,(H,12,13);1-2H3. The minimum Gasteiger partial charge on any atom is -0.478 e. The Kier molecular flexibility index (Phi) is 7.52. The van der Waals surface area contributed by atoms with Gasteiger partial charge in [0.05, 0.1) is 19.8 Å². The van der Waals surface area contributed by atoms with Crippen molar-refractivity contribution in [1.29, 1.82) is 0 Å². The second-order valence-electron chi connectivity index (χ2n) is 3.04. The first-order chi connectivity index (χ1) is 9.19. The number of aromatic carboxylic acids is 1. The predicted molar refractivity (Wildman–Crippen MR) is 64.7 cm³/mol. The van der Waals surface area contributed by atoms with Crippen molar-refractivity contribution in [2.24, 2.45) is 0 Å². The molecule has 5 nitrogen and oxygen atoms in total. The zero-order valence-corrected chi connectivity index (χ0v) is 11.2. The van der Waals surface area contributed by atoms with Crippen molar-refractivity contribution in [3.05, 3.63) is 29.8 Å². The number of carbonyl (C=O) groups excluding carboxylic acids is 1. The van der Waals surface area contributed by atoms with Gasteiger partial charge < -0.3 is 14.6 Å². The third-order valence-corrected chi connectivity index (χ3v) is 2.37. The molecule has 0 aliphatic carbocycles. The molecule has 1 aromatic rings. The molecule has 112 valence electrons. The number of rotatable bonds is 2. The third-order valence-electron chi connectivity index (χ3n) is 1.65. The Morgan fingerprint density at radius 1 is 1.20 bits per heavy atom. The highest BCUT2D eigenvalue weighted by Crippen LogP contribution is 2.36. The number of hydrogen-bond donors (Lipinski definition) is 1. The Hall–Kier alpha value is -1.90. The minimum absolute atomic E-state index is 0.127. The van der Waals surface area contributed by atoms with Crippen LogP contribution in [0, 0.1) is 0 Å². The van der Waals surface area contributed by atoms with E-state index in [0.29, 0.717) is 0 Å². The number of carboxylic acid groups (broad SMARTS) is 1. The summed E-state index contributed by atoms with van der Waals surface area (Å²) in [5, 5.41) is 8.52. The van der Waals surface area contributed by atoms with Gasteiger partial charge >= 0.3 is 17.6 Å². The zero-order chi connectivity index (χ0) is 15.8. The van der Waals surface area contributed by atoms with Crippen LogP contribution < -0.4 is 0 Å². The average molecular weight is 312 g/mol. The van der Waals surface area contributed by atoms with Gasteiger partial charge in [0.2, 0.25) is 0 Å². The number of halogens is 3. The van der Waals surface area contributed by atoms with Gasteiger partial charge in [-0.3, -0.25) is 0 Å². The van der Waals surface area contributed by atoms with Crippen LogP contribution in [0.4, 0.5) is 18.0 Å². The van der Waals surface area contributed by atoms with Crippen LogP contribution >= 0.6 is 11.8 Å². The highest BCUT2D eigenvalue weighted by Gasteiger charge is 2.29. The average Bonchev–Trinajstić information content (AvgIpc) is 2.36. The number of ether oxygens (including phenoxy) is 2. The number of carbonyl (C=O) groups is 2. The Bertz CT molecular complexity index is 456. The normalized spacial score (nSPS) is 10.1. The van der Waals surface area contributed by atoms with E-state index in [1.807, 2.05) is 0 Å². The highest BCUT2D eigenvalue weighted by molar-refractivity contribution is 8.00. The number of benzene rings is 1. The first-order valence-corrected chi connectivity index (χ1v) is 5.72. The van der Waals surface area contributed by atoms with Gasteiger partial charge in [-0.15, -0.1) is 0 Å². The van der Waals surface area contributed by atoms with Crippen LogP contribution in [0.3, 0.4) is 0 Å². The van der Waals surface area contributed by atoms with Crippen molar-refractivity contribution in [2.45, 2.75) is 10.4 Å². The lowest BCUT2D eigenvalue weighted by Crippen LogP contribution is -2.00. The van der Waals surface area contributed by atoms with Crippen LogP contribution in [0.15, 0.2) is 29.2 Å². The van der Waals surface area contributed by atoms with Gasteiger partial charge in [-0.2, -0.15) is 13.2 Å². The molecule has 0 saturated carbocycles. The lowest BCUT2D eigenvalue weighted by Gasteiger charge is -2.05. The molecule has 0 heterocycles. The molecule has 0 radical (unpaired) electrons. The van der Waals surface area contributed by atoms with Gasteiger partial charge in [0.1, 0.15) is 0 Å².